The lowest BCUT2D eigenvalue weighted by atomic mass is 10.0. The highest BCUT2D eigenvalue weighted by molar-refractivity contribution is 6.41. The van der Waals surface area contributed by atoms with Crippen LogP contribution < -0.4 is 10.2 Å². The minimum absolute atomic E-state index is 0.736. The molecule has 0 saturated carbocycles. The second kappa shape index (κ2) is 23.7. The predicted molar refractivity (Wildman–Crippen MR) is 383 cm³/mol. The predicted octanol–water partition coefficient (Wildman–Crippen LogP) is 24.3. The van der Waals surface area contributed by atoms with Gasteiger partial charge in [-0.05, 0) is 131 Å². The van der Waals surface area contributed by atoms with E-state index >= 15 is 0 Å². The molecule has 0 atom stereocenters. The molecule has 0 aliphatic heterocycles. The van der Waals surface area contributed by atoms with Crippen molar-refractivity contribution < 1.29 is 8.83 Å². The summed E-state index contributed by atoms with van der Waals surface area (Å²) in [6, 6.07) is 118. The van der Waals surface area contributed by atoms with Crippen molar-refractivity contribution in [2.75, 3.05) is 10.2 Å². The number of furan rings is 2. The van der Waals surface area contributed by atoms with Crippen LogP contribution in [0.4, 0.5) is 28.4 Å². The van der Waals surface area contributed by atoms with E-state index in [1.807, 2.05) is 97.1 Å². The Morgan fingerprint density at radius 3 is 1.09 bits per heavy atom. The molecule has 0 spiro atoms. The molecule has 14 aromatic carbocycles. The van der Waals surface area contributed by atoms with Gasteiger partial charge < -0.3 is 28.2 Å². The van der Waals surface area contributed by atoms with Gasteiger partial charge in [-0.25, -0.2) is 0 Å². The molecular weight excluding hydrogens is 1130 g/mol. The number of rotatable bonds is 9. The van der Waals surface area contributed by atoms with Gasteiger partial charge in [0.05, 0.1) is 32.8 Å². The molecule has 0 aliphatic carbocycles. The molecule has 4 heterocycles. The first-order valence-electron chi connectivity index (χ1n) is 30.6. The molecule has 0 saturated heterocycles. The summed E-state index contributed by atoms with van der Waals surface area (Å²) in [7, 11) is 0. The van der Waals surface area contributed by atoms with E-state index in [9.17, 15) is 0 Å². The number of anilines is 5. The second-order valence-corrected chi connectivity index (χ2v) is 23.0. The fourth-order valence-corrected chi connectivity index (χ4v) is 13.3. The van der Waals surface area contributed by atoms with Gasteiger partial charge in [0.2, 0.25) is 0 Å². The van der Waals surface area contributed by atoms with Gasteiger partial charge in [0.1, 0.15) is 11.2 Å². The van der Waals surface area contributed by atoms with Gasteiger partial charge in [-0.2, -0.15) is 0 Å². The van der Waals surface area contributed by atoms with Gasteiger partial charge in [0.25, 0.3) is 0 Å². The van der Waals surface area contributed by atoms with Gasteiger partial charge in [-0.3, -0.25) is 0 Å². The molecule has 0 unspecified atom stereocenters. The van der Waals surface area contributed by atoms with E-state index in [1.54, 1.807) is 0 Å². The van der Waals surface area contributed by atoms with Crippen LogP contribution in [0.15, 0.2) is 349 Å². The molecular formula is C84H57ClN4O2. The monoisotopic (exact) mass is 1190 g/mol. The van der Waals surface area contributed by atoms with Crippen molar-refractivity contribution in [2.24, 2.45) is 0 Å². The van der Waals surface area contributed by atoms with E-state index in [0.717, 1.165) is 127 Å². The Kier molecular flexibility index (Phi) is 14.2. The molecule has 432 valence electrons. The molecule has 91 heavy (non-hydrogen) atoms. The summed E-state index contributed by atoms with van der Waals surface area (Å²) < 4.78 is 17.8. The van der Waals surface area contributed by atoms with Crippen LogP contribution in [-0.2, 0) is 0 Å². The van der Waals surface area contributed by atoms with Crippen molar-refractivity contribution in [1.82, 2.24) is 9.13 Å². The summed E-state index contributed by atoms with van der Waals surface area (Å²) in [6.45, 7) is 0. The van der Waals surface area contributed by atoms with Crippen LogP contribution in [0.3, 0.4) is 0 Å². The van der Waals surface area contributed by atoms with Crippen LogP contribution in [0, 0.1) is 0 Å². The summed E-state index contributed by atoms with van der Waals surface area (Å²) in [6.07, 6.45) is 0. The Hall–Kier alpha value is -11.8. The van der Waals surface area contributed by atoms with E-state index < -0.39 is 0 Å². The van der Waals surface area contributed by atoms with E-state index in [2.05, 4.69) is 262 Å². The molecule has 0 fully saturated rings. The molecule has 0 aliphatic rings. The van der Waals surface area contributed by atoms with Crippen LogP contribution >= 0.6 is 11.6 Å². The third-order valence-corrected chi connectivity index (χ3v) is 17.4. The number of nitrogens with zero attached hydrogens (tertiary/aromatic N) is 3. The molecule has 18 aromatic rings. The minimum atomic E-state index is 0.736. The number of aromatic nitrogens is 2. The molecule has 0 bridgehead atoms. The van der Waals surface area contributed by atoms with Crippen LogP contribution in [0.1, 0.15) is 0 Å². The van der Waals surface area contributed by atoms with Crippen molar-refractivity contribution >= 4 is 128 Å². The zero-order chi connectivity index (χ0) is 60.6. The highest BCUT2D eigenvalue weighted by Crippen LogP contribution is 2.49. The van der Waals surface area contributed by atoms with Gasteiger partial charge >= 0.3 is 0 Å². The summed E-state index contributed by atoms with van der Waals surface area (Å²) in [5.74, 6) is 0. The summed E-state index contributed by atoms with van der Waals surface area (Å²) in [5.41, 5.74) is 20.3. The van der Waals surface area contributed by atoms with E-state index in [0.29, 0.717) is 0 Å². The maximum absolute atomic E-state index is 6.92. The Labute approximate surface area is 530 Å². The number of nitrogens with one attached hydrogen (secondary N) is 1. The quantitative estimate of drug-likeness (QED) is 0.156. The standard InChI is InChI=1S/C42H28N2O.C30H18ClNO.C12H11N/c1-4-14-29(15-5-1)30-24-26-33(27-25-30)44-37-22-12-10-21-35(37)40-38(28-36-34-20-11-13-23-39(34)45-42(36)41(40)44)43(31-16-6-2-7-17-31)32-18-8-3-9-19-32;31-25-18-24-22-10-5-7-13-27(22)33-30(24)29-28(25)23-11-4-6-12-26(23)32(29)21-16-14-20(15-17-21)19-8-2-1-3-9-19;1-3-7-11(8-4-1)13-12-9-5-2-6-10-12/h1-28H;1-18H;1-10,13H. The van der Waals surface area contributed by atoms with Crippen molar-refractivity contribution in [2.45, 2.75) is 0 Å². The summed E-state index contributed by atoms with van der Waals surface area (Å²) in [4.78, 5) is 2.37. The van der Waals surface area contributed by atoms with E-state index in [4.69, 9.17) is 20.4 Å². The lowest BCUT2D eigenvalue weighted by Crippen LogP contribution is -2.10. The molecule has 1 N–H and O–H groups in total. The third kappa shape index (κ3) is 10.1. The summed E-state index contributed by atoms with van der Waals surface area (Å²) >= 11 is 6.92. The van der Waals surface area contributed by atoms with Crippen molar-refractivity contribution in [3.63, 3.8) is 0 Å². The lowest BCUT2D eigenvalue weighted by Gasteiger charge is -2.26. The maximum Gasteiger partial charge on any atom is 0.160 e. The fraction of sp³-hybridized carbons (Fsp3) is 0. The van der Waals surface area contributed by atoms with Gasteiger partial charge in [0.15, 0.2) is 11.2 Å². The number of hydrogen-bond donors (Lipinski definition) is 1. The number of fused-ring (bicyclic) bond motifs is 14. The number of hydrogen-bond acceptors (Lipinski definition) is 4. The van der Waals surface area contributed by atoms with Crippen LogP contribution in [0.5, 0.6) is 0 Å². The highest BCUT2D eigenvalue weighted by Gasteiger charge is 2.27. The Morgan fingerprint density at radius 2 is 0.637 bits per heavy atom. The average Bonchev–Trinajstić information content (AvgIpc) is 1.57. The zero-order valence-electron chi connectivity index (χ0n) is 49.4. The molecule has 7 heteroatoms. The van der Waals surface area contributed by atoms with Gasteiger partial charge in [-0.1, -0.05) is 242 Å². The average molecular weight is 1190 g/mol. The number of benzene rings is 14. The normalized spacial score (nSPS) is 11.4. The number of halogens is 1. The lowest BCUT2D eigenvalue weighted by molar-refractivity contribution is 0.670. The van der Waals surface area contributed by atoms with E-state index in [-0.39, 0.29) is 0 Å². The first kappa shape index (κ1) is 54.6. The Balaban J connectivity index is 0.000000125. The number of para-hydroxylation sites is 8. The first-order chi connectivity index (χ1) is 45.1. The SMILES string of the molecule is Clc1cc2c3ccccc3oc2c2c1c1ccccc1n2-c1ccc(-c2ccccc2)cc1.c1ccc(-c2ccc(-n3c4ccccc4c4c(N(c5ccccc5)c5ccccc5)cc5c6ccccc6oc5c43)cc2)cc1.c1ccc(Nc2ccccc2)cc1. The highest BCUT2D eigenvalue weighted by atomic mass is 35.5. The zero-order valence-corrected chi connectivity index (χ0v) is 50.1. The maximum atomic E-state index is 6.92. The summed E-state index contributed by atoms with van der Waals surface area (Å²) in [5, 5.41) is 12.8. The van der Waals surface area contributed by atoms with Gasteiger partial charge in [0, 0.05) is 77.2 Å². The Bertz CT molecular complexity index is 5510. The second-order valence-electron chi connectivity index (χ2n) is 22.5. The molecule has 0 amide bonds. The van der Waals surface area contributed by atoms with Gasteiger partial charge in [-0.15, -0.1) is 0 Å². The molecule has 18 rings (SSSR count). The molecule has 4 aromatic heterocycles. The smallest absolute Gasteiger partial charge is 0.160 e. The van der Waals surface area contributed by atoms with Crippen LogP contribution in [0.2, 0.25) is 5.02 Å². The first-order valence-corrected chi connectivity index (χ1v) is 31.0. The van der Waals surface area contributed by atoms with Crippen LogP contribution in [-0.4, -0.2) is 9.13 Å². The van der Waals surface area contributed by atoms with Crippen molar-refractivity contribution in [3.05, 3.63) is 345 Å². The fourth-order valence-electron chi connectivity index (χ4n) is 13.0. The molecule has 0 radical (unpaired) electrons. The van der Waals surface area contributed by atoms with Crippen molar-refractivity contribution in [1.29, 1.82) is 0 Å². The largest absolute Gasteiger partial charge is 0.454 e. The van der Waals surface area contributed by atoms with Crippen molar-refractivity contribution in [3.8, 4) is 33.6 Å². The Morgan fingerprint density at radius 1 is 0.297 bits per heavy atom. The third-order valence-electron chi connectivity index (χ3n) is 17.1. The topological polar surface area (TPSA) is 51.4 Å². The van der Waals surface area contributed by atoms with E-state index in [1.165, 1.54) is 27.6 Å². The van der Waals surface area contributed by atoms with Crippen LogP contribution in [0.25, 0.3) is 121 Å². The minimum Gasteiger partial charge on any atom is -0.454 e. The molecule has 6 nitrogen and oxygen atoms in total.